The highest BCUT2D eigenvalue weighted by atomic mass is 32.2. The third kappa shape index (κ3) is 4.32. The normalized spacial score (nSPS) is 20.5. The van der Waals surface area contributed by atoms with Crippen molar-refractivity contribution in [1.82, 2.24) is 5.32 Å². The van der Waals surface area contributed by atoms with Crippen LogP contribution in [-0.4, -0.2) is 48.5 Å². The highest BCUT2D eigenvalue weighted by Crippen LogP contribution is 2.44. The van der Waals surface area contributed by atoms with E-state index in [-0.39, 0.29) is 18.3 Å². The Morgan fingerprint density at radius 2 is 1.57 bits per heavy atom. The lowest BCUT2D eigenvalue weighted by molar-refractivity contribution is -0.187. The predicted octanol–water partition coefficient (Wildman–Crippen LogP) is 3.48. The summed E-state index contributed by atoms with van der Waals surface area (Å²) in [6.07, 6.45) is -4.59. The van der Waals surface area contributed by atoms with Crippen molar-refractivity contribution in [3.8, 4) is 11.1 Å². The van der Waals surface area contributed by atoms with Gasteiger partial charge >= 0.3 is 18.1 Å². The van der Waals surface area contributed by atoms with E-state index in [1.165, 1.54) is 0 Å². The lowest BCUT2D eigenvalue weighted by atomic mass is 9.98. The van der Waals surface area contributed by atoms with Gasteiger partial charge in [-0.05, 0) is 22.3 Å². The number of carbonyl (C=O) groups is 2. The van der Waals surface area contributed by atoms with E-state index in [4.69, 9.17) is 4.74 Å². The monoisotopic (exact) mass is 437 g/mol. The van der Waals surface area contributed by atoms with Crippen LogP contribution >= 0.6 is 11.8 Å². The molecular formula is C21H18F3NO4S. The van der Waals surface area contributed by atoms with Gasteiger partial charge in [0.15, 0.2) is 12.0 Å². The van der Waals surface area contributed by atoms with Crippen molar-refractivity contribution in [2.24, 2.45) is 0 Å². The molecule has 1 N–H and O–H groups in total. The van der Waals surface area contributed by atoms with Gasteiger partial charge in [0.2, 0.25) is 0 Å². The van der Waals surface area contributed by atoms with E-state index in [1.807, 2.05) is 48.5 Å². The zero-order valence-electron chi connectivity index (χ0n) is 15.6. The molecule has 1 heterocycles. The molecule has 158 valence electrons. The first-order valence-corrected chi connectivity index (χ1v) is 10.3. The molecule has 9 heteroatoms. The molecule has 2 unspecified atom stereocenters. The number of ether oxygens (including phenoxy) is 2. The van der Waals surface area contributed by atoms with Crippen LogP contribution in [0, 0.1) is 0 Å². The van der Waals surface area contributed by atoms with Gasteiger partial charge in [0.1, 0.15) is 12.6 Å². The molecule has 2 aliphatic rings. The summed E-state index contributed by atoms with van der Waals surface area (Å²) in [4.78, 5) is 24.2. The summed E-state index contributed by atoms with van der Waals surface area (Å²) in [6, 6.07) is 14.9. The highest BCUT2D eigenvalue weighted by Gasteiger charge is 2.38. The number of nitrogens with one attached hydrogen (secondary N) is 1. The molecule has 1 saturated heterocycles. The number of esters is 2. The minimum Gasteiger partial charge on any atom is -0.463 e. The molecule has 0 aromatic heterocycles. The Labute approximate surface area is 174 Å². The molecular weight excluding hydrogens is 419 g/mol. The standard InChI is InChI=1S/C21H18F3NO4S/c22-21(23,24)11-29-19(26)17-10-30-18(25-17)20(27)28-9-16-14-7-3-1-5-12(14)13-6-2-4-8-15(13)16/h1-8,16-18,25H,9-11H2. The number of thioether (sulfide) groups is 1. The maximum absolute atomic E-state index is 12.5. The first kappa shape index (κ1) is 20.7. The maximum Gasteiger partial charge on any atom is 0.422 e. The van der Waals surface area contributed by atoms with Gasteiger partial charge in [-0.15, -0.1) is 11.8 Å². The summed E-state index contributed by atoms with van der Waals surface area (Å²) in [5.74, 6) is -1.56. The van der Waals surface area contributed by atoms with Crippen LogP contribution in [0.1, 0.15) is 17.0 Å². The Balaban J connectivity index is 1.35. The Morgan fingerprint density at radius 3 is 2.17 bits per heavy atom. The van der Waals surface area contributed by atoms with Gasteiger partial charge in [-0.2, -0.15) is 13.2 Å². The second-order valence-corrected chi connectivity index (χ2v) is 8.15. The lowest BCUT2D eigenvalue weighted by Crippen LogP contribution is -2.42. The molecule has 1 aliphatic carbocycles. The van der Waals surface area contributed by atoms with Gasteiger partial charge in [0.25, 0.3) is 0 Å². The SMILES string of the molecule is O=C(OCC(F)(F)F)C1CSC(C(=O)OCC2c3ccccc3-c3ccccc32)N1. The number of hydrogen-bond acceptors (Lipinski definition) is 6. The number of carbonyl (C=O) groups excluding carboxylic acids is 2. The van der Waals surface area contributed by atoms with Gasteiger partial charge < -0.3 is 9.47 Å². The maximum atomic E-state index is 12.5. The van der Waals surface area contributed by atoms with Crippen molar-refractivity contribution in [2.75, 3.05) is 19.0 Å². The molecule has 2 aromatic carbocycles. The average Bonchev–Trinajstić information content (AvgIpc) is 3.34. The molecule has 0 amide bonds. The summed E-state index contributed by atoms with van der Waals surface area (Å²) >= 11 is 1.11. The van der Waals surface area contributed by atoms with Gasteiger partial charge in [-0.1, -0.05) is 48.5 Å². The van der Waals surface area contributed by atoms with Crippen LogP contribution in [0.5, 0.6) is 0 Å². The van der Waals surface area contributed by atoms with E-state index < -0.39 is 36.1 Å². The van der Waals surface area contributed by atoms with Crippen LogP contribution in [0.4, 0.5) is 13.2 Å². The fourth-order valence-electron chi connectivity index (χ4n) is 3.68. The number of rotatable bonds is 5. The van der Waals surface area contributed by atoms with Crippen LogP contribution in [0.2, 0.25) is 0 Å². The van der Waals surface area contributed by atoms with Gasteiger partial charge in [-0.3, -0.25) is 10.1 Å². The molecule has 4 rings (SSSR count). The Kier molecular flexibility index (Phi) is 5.75. The van der Waals surface area contributed by atoms with Gasteiger partial charge in [0, 0.05) is 11.7 Å². The van der Waals surface area contributed by atoms with Crippen LogP contribution in [-0.2, 0) is 19.1 Å². The molecule has 0 saturated carbocycles. The number of fused-ring (bicyclic) bond motifs is 3. The largest absolute Gasteiger partial charge is 0.463 e. The quantitative estimate of drug-likeness (QED) is 0.723. The number of hydrogen-bond donors (Lipinski definition) is 1. The molecule has 1 fully saturated rings. The van der Waals surface area contributed by atoms with E-state index in [9.17, 15) is 22.8 Å². The van der Waals surface area contributed by atoms with Gasteiger partial charge in [-0.25, -0.2) is 4.79 Å². The summed E-state index contributed by atoms with van der Waals surface area (Å²) in [6.45, 7) is -1.51. The average molecular weight is 437 g/mol. The molecule has 5 nitrogen and oxygen atoms in total. The number of alkyl halides is 3. The molecule has 2 aromatic rings. The Bertz CT molecular complexity index is 920. The smallest absolute Gasteiger partial charge is 0.422 e. The Hall–Kier alpha value is -2.52. The second-order valence-electron chi connectivity index (χ2n) is 7.01. The van der Waals surface area contributed by atoms with Crippen LogP contribution in [0.3, 0.4) is 0 Å². The third-order valence-corrected chi connectivity index (χ3v) is 6.20. The van der Waals surface area contributed by atoms with Crippen LogP contribution < -0.4 is 5.32 Å². The van der Waals surface area contributed by atoms with Crippen molar-refractivity contribution in [3.05, 3.63) is 59.7 Å². The molecule has 0 spiro atoms. The molecule has 30 heavy (non-hydrogen) atoms. The zero-order chi connectivity index (χ0) is 21.3. The fourth-order valence-corrected chi connectivity index (χ4v) is 4.76. The van der Waals surface area contributed by atoms with Crippen LogP contribution in [0.15, 0.2) is 48.5 Å². The predicted molar refractivity (Wildman–Crippen MR) is 105 cm³/mol. The number of benzene rings is 2. The minimum atomic E-state index is -4.59. The molecule has 0 bridgehead atoms. The first-order valence-electron chi connectivity index (χ1n) is 9.29. The molecule has 0 radical (unpaired) electrons. The summed E-state index contributed by atoms with van der Waals surface area (Å²) < 4.78 is 46.3. The third-order valence-electron chi connectivity index (χ3n) is 5.01. The van der Waals surface area contributed by atoms with E-state index in [2.05, 4.69) is 10.1 Å². The van der Waals surface area contributed by atoms with Crippen molar-refractivity contribution in [3.63, 3.8) is 0 Å². The van der Waals surface area contributed by atoms with Gasteiger partial charge in [0.05, 0.1) is 0 Å². The number of halogens is 3. The minimum absolute atomic E-state index is 0.0969. The van der Waals surface area contributed by atoms with E-state index >= 15 is 0 Å². The fraction of sp³-hybridized carbons (Fsp3) is 0.333. The van der Waals surface area contributed by atoms with Crippen molar-refractivity contribution < 1.29 is 32.2 Å². The molecule has 1 aliphatic heterocycles. The van der Waals surface area contributed by atoms with Crippen LogP contribution in [0.25, 0.3) is 11.1 Å². The van der Waals surface area contributed by atoms with Crippen molar-refractivity contribution >= 4 is 23.7 Å². The summed E-state index contributed by atoms with van der Waals surface area (Å²) in [7, 11) is 0. The van der Waals surface area contributed by atoms with Crippen molar-refractivity contribution in [1.29, 1.82) is 0 Å². The highest BCUT2D eigenvalue weighted by molar-refractivity contribution is 8.00. The van der Waals surface area contributed by atoms with E-state index in [1.54, 1.807) is 0 Å². The summed E-state index contributed by atoms with van der Waals surface area (Å²) in [5.41, 5.74) is 4.37. The topological polar surface area (TPSA) is 64.6 Å². The van der Waals surface area contributed by atoms with Crippen molar-refractivity contribution in [2.45, 2.75) is 23.5 Å². The Morgan fingerprint density at radius 1 is 0.967 bits per heavy atom. The van der Waals surface area contributed by atoms with E-state index in [0.29, 0.717) is 0 Å². The van der Waals surface area contributed by atoms with E-state index in [0.717, 1.165) is 34.0 Å². The summed E-state index contributed by atoms with van der Waals surface area (Å²) in [5, 5.41) is 1.85. The molecule has 2 atom stereocenters. The lowest BCUT2D eigenvalue weighted by Gasteiger charge is -2.17. The first-order chi connectivity index (χ1) is 14.3. The second kappa shape index (κ2) is 8.31. The zero-order valence-corrected chi connectivity index (χ0v) is 16.5.